The lowest BCUT2D eigenvalue weighted by Crippen LogP contribution is -2.13. The van der Waals surface area contributed by atoms with E-state index in [2.05, 4.69) is 10.6 Å². The van der Waals surface area contributed by atoms with Crippen LogP contribution in [0.3, 0.4) is 0 Å². The van der Waals surface area contributed by atoms with Crippen molar-refractivity contribution in [1.29, 1.82) is 0 Å². The second kappa shape index (κ2) is 9.50. The molecule has 2 N–H and O–H groups in total. The number of hydrogen-bond donors (Lipinski definition) is 2. The first-order valence-electron chi connectivity index (χ1n) is 10.1. The Hall–Kier alpha value is -4.23. The summed E-state index contributed by atoms with van der Waals surface area (Å²) in [6.07, 6.45) is 0. The molecule has 2 amide bonds. The van der Waals surface area contributed by atoms with Gasteiger partial charge in [0.15, 0.2) is 0 Å². The number of hydrogen-bond acceptors (Lipinski definition) is 4. The summed E-state index contributed by atoms with van der Waals surface area (Å²) >= 11 is 0. The number of carbonyl (C=O) groups is 2. The fraction of sp³-hybridized carbons (Fsp3) is 0. The summed E-state index contributed by atoms with van der Waals surface area (Å²) in [7, 11) is -3.89. The van der Waals surface area contributed by atoms with Crippen LogP contribution in [-0.2, 0) is 9.84 Å². The molecule has 0 aliphatic heterocycles. The number of sulfone groups is 1. The van der Waals surface area contributed by atoms with Gasteiger partial charge in [-0.25, -0.2) is 8.42 Å². The van der Waals surface area contributed by atoms with Crippen LogP contribution in [-0.4, -0.2) is 20.2 Å². The van der Waals surface area contributed by atoms with Crippen LogP contribution in [0.4, 0.5) is 11.4 Å². The van der Waals surface area contributed by atoms with E-state index in [0.717, 1.165) is 0 Å². The Kier molecular flexibility index (Phi) is 6.33. The zero-order valence-corrected chi connectivity index (χ0v) is 18.3. The number of rotatable bonds is 6. The van der Waals surface area contributed by atoms with Gasteiger partial charge in [-0.1, -0.05) is 48.5 Å². The highest BCUT2D eigenvalue weighted by molar-refractivity contribution is 7.91. The van der Waals surface area contributed by atoms with Gasteiger partial charge in [-0.05, 0) is 60.7 Å². The second-order valence-electron chi connectivity index (χ2n) is 7.20. The average Bonchev–Trinajstić information content (AvgIpc) is 2.85. The second-order valence-corrected chi connectivity index (χ2v) is 9.15. The number of anilines is 2. The molecular weight excluding hydrogens is 436 g/mol. The summed E-state index contributed by atoms with van der Waals surface area (Å²) in [6.45, 7) is 0. The molecule has 0 saturated carbocycles. The summed E-state index contributed by atoms with van der Waals surface area (Å²) in [5.74, 6) is -0.675. The number of benzene rings is 4. The Morgan fingerprint density at radius 2 is 0.909 bits per heavy atom. The average molecular weight is 457 g/mol. The Balaban J connectivity index is 1.56. The van der Waals surface area contributed by atoms with Gasteiger partial charge in [0.2, 0.25) is 9.84 Å². The SMILES string of the molecule is O=C(Nc1cccc(S(=O)(=O)c2cccc(NC(=O)c3ccccc3)c2)c1)c1ccccc1. The van der Waals surface area contributed by atoms with Crippen LogP contribution >= 0.6 is 0 Å². The maximum absolute atomic E-state index is 13.2. The summed E-state index contributed by atoms with van der Waals surface area (Å²) < 4.78 is 26.4. The fourth-order valence-corrected chi connectivity index (χ4v) is 4.56. The third kappa shape index (κ3) is 5.16. The van der Waals surface area contributed by atoms with E-state index in [1.807, 2.05) is 0 Å². The minimum Gasteiger partial charge on any atom is -0.322 e. The van der Waals surface area contributed by atoms with Crippen LogP contribution in [0.1, 0.15) is 20.7 Å². The quantitative estimate of drug-likeness (QED) is 0.426. The van der Waals surface area contributed by atoms with Crippen LogP contribution in [0.15, 0.2) is 119 Å². The highest BCUT2D eigenvalue weighted by Gasteiger charge is 2.19. The lowest BCUT2D eigenvalue weighted by atomic mass is 10.2. The molecule has 0 unspecified atom stereocenters. The van der Waals surface area contributed by atoms with Gasteiger partial charge in [-0.3, -0.25) is 9.59 Å². The van der Waals surface area contributed by atoms with Gasteiger partial charge in [0.25, 0.3) is 11.8 Å². The molecular formula is C26H20N2O4S. The van der Waals surface area contributed by atoms with Crippen molar-refractivity contribution in [2.24, 2.45) is 0 Å². The van der Waals surface area contributed by atoms with E-state index in [1.165, 1.54) is 24.3 Å². The zero-order chi connectivity index (χ0) is 23.3. The van der Waals surface area contributed by atoms with Crippen LogP contribution in [0.25, 0.3) is 0 Å². The summed E-state index contributed by atoms with van der Waals surface area (Å²) in [6, 6.07) is 29.4. The zero-order valence-electron chi connectivity index (χ0n) is 17.4. The van der Waals surface area contributed by atoms with Crippen molar-refractivity contribution in [3.63, 3.8) is 0 Å². The molecule has 0 aromatic heterocycles. The molecule has 6 nitrogen and oxygen atoms in total. The number of nitrogens with one attached hydrogen (secondary N) is 2. The molecule has 0 fully saturated rings. The van der Waals surface area contributed by atoms with Crippen molar-refractivity contribution >= 4 is 33.0 Å². The van der Waals surface area contributed by atoms with Crippen molar-refractivity contribution in [2.75, 3.05) is 10.6 Å². The van der Waals surface area contributed by atoms with Crippen molar-refractivity contribution in [2.45, 2.75) is 9.79 Å². The molecule has 0 atom stereocenters. The topological polar surface area (TPSA) is 92.3 Å². The molecule has 0 spiro atoms. The van der Waals surface area contributed by atoms with Gasteiger partial charge < -0.3 is 10.6 Å². The summed E-state index contributed by atoms with van der Waals surface area (Å²) in [5.41, 5.74) is 1.65. The third-order valence-corrected chi connectivity index (χ3v) is 6.63. The predicted molar refractivity (Wildman–Crippen MR) is 127 cm³/mol. The van der Waals surface area contributed by atoms with Gasteiger partial charge >= 0.3 is 0 Å². The first-order valence-corrected chi connectivity index (χ1v) is 11.6. The van der Waals surface area contributed by atoms with Crippen molar-refractivity contribution in [3.05, 3.63) is 120 Å². The predicted octanol–water partition coefficient (Wildman–Crippen LogP) is 5.02. The molecule has 0 radical (unpaired) electrons. The smallest absolute Gasteiger partial charge is 0.255 e. The highest BCUT2D eigenvalue weighted by atomic mass is 32.2. The van der Waals surface area contributed by atoms with E-state index in [4.69, 9.17) is 0 Å². The molecule has 4 aromatic rings. The Bertz CT molecular complexity index is 1300. The van der Waals surface area contributed by atoms with E-state index in [9.17, 15) is 18.0 Å². The minimum atomic E-state index is -3.89. The fourth-order valence-electron chi connectivity index (χ4n) is 3.20. The van der Waals surface area contributed by atoms with Crippen LogP contribution in [0.5, 0.6) is 0 Å². The lowest BCUT2D eigenvalue weighted by molar-refractivity contribution is 0.101. The van der Waals surface area contributed by atoms with Crippen molar-refractivity contribution in [1.82, 2.24) is 0 Å². The van der Waals surface area contributed by atoms with Gasteiger partial charge in [-0.15, -0.1) is 0 Å². The maximum Gasteiger partial charge on any atom is 0.255 e. The summed E-state index contributed by atoms with van der Waals surface area (Å²) in [5, 5.41) is 5.43. The van der Waals surface area contributed by atoms with Gasteiger partial charge in [0, 0.05) is 22.5 Å². The standard InChI is InChI=1S/C26H20N2O4S/c29-25(19-9-3-1-4-10-19)27-21-13-7-15-23(17-21)33(31,32)24-16-8-14-22(18-24)28-26(30)20-11-5-2-6-12-20/h1-18H,(H,27,29)(H,28,30). The molecule has 4 aromatic carbocycles. The maximum atomic E-state index is 13.2. The monoisotopic (exact) mass is 456 g/mol. The summed E-state index contributed by atoms with van der Waals surface area (Å²) in [4.78, 5) is 24.9. The third-order valence-electron chi connectivity index (χ3n) is 4.88. The Labute approximate surface area is 191 Å². The van der Waals surface area contributed by atoms with E-state index in [-0.39, 0.29) is 21.6 Å². The van der Waals surface area contributed by atoms with Crippen molar-refractivity contribution < 1.29 is 18.0 Å². The molecule has 0 bridgehead atoms. The van der Waals surface area contributed by atoms with E-state index in [0.29, 0.717) is 22.5 Å². The largest absolute Gasteiger partial charge is 0.322 e. The molecule has 164 valence electrons. The van der Waals surface area contributed by atoms with Gasteiger partial charge in [0.05, 0.1) is 9.79 Å². The van der Waals surface area contributed by atoms with Crippen LogP contribution in [0, 0.1) is 0 Å². The number of carbonyl (C=O) groups excluding carboxylic acids is 2. The van der Waals surface area contributed by atoms with Crippen LogP contribution in [0.2, 0.25) is 0 Å². The molecule has 0 aliphatic carbocycles. The molecule has 0 aliphatic rings. The molecule has 33 heavy (non-hydrogen) atoms. The Morgan fingerprint density at radius 1 is 0.515 bits per heavy atom. The van der Waals surface area contributed by atoms with Gasteiger partial charge in [0.1, 0.15) is 0 Å². The van der Waals surface area contributed by atoms with Gasteiger partial charge in [-0.2, -0.15) is 0 Å². The molecule has 4 rings (SSSR count). The minimum absolute atomic E-state index is 0.0277. The molecule has 7 heteroatoms. The Morgan fingerprint density at radius 3 is 1.30 bits per heavy atom. The normalized spacial score (nSPS) is 10.9. The lowest BCUT2D eigenvalue weighted by Gasteiger charge is -2.10. The van der Waals surface area contributed by atoms with E-state index in [1.54, 1.807) is 84.9 Å². The van der Waals surface area contributed by atoms with Crippen LogP contribution < -0.4 is 10.6 Å². The first kappa shape index (κ1) is 22.0. The molecule has 0 heterocycles. The number of amides is 2. The van der Waals surface area contributed by atoms with E-state index >= 15 is 0 Å². The van der Waals surface area contributed by atoms with Crippen molar-refractivity contribution in [3.8, 4) is 0 Å². The first-order chi connectivity index (χ1) is 15.9. The molecule has 0 saturated heterocycles. The highest BCUT2D eigenvalue weighted by Crippen LogP contribution is 2.26. The van der Waals surface area contributed by atoms with E-state index < -0.39 is 9.84 Å².